The zero-order chi connectivity index (χ0) is 13.7. The highest BCUT2D eigenvalue weighted by molar-refractivity contribution is 5.81. The molecule has 2 aromatic carbocycles. The van der Waals surface area contributed by atoms with Crippen LogP contribution >= 0.6 is 0 Å². The molecule has 0 saturated heterocycles. The number of allylic oxidation sites excluding steroid dienone is 1. The molecule has 1 nitrogen and oxygen atoms in total. The fourth-order valence-corrected chi connectivity index (χ4v) is 2.13. The van der Waals surface area contributed by atoms with Crippen molar-refractivity contribution in [3.8, 4) is 11.1 Å². The van der Waals surface area contributed by atoms with Crippen LogP contribution in [0.3, 0.4) is 0 Å². The van der Waals surface area contributed by atoms with Gasteiger partial charge in [0.05, 0.1) is 0 Å². The molecular formula is C18H18O. The molecule has 0 spiro atoms. The normalized spacial score (nSPS) is 10.8. The Labute approximate surface area is 114 Å². The predicted octanol–water partition coefficient (Wildman–Crippen LogP) is 4.44. The highest BCUT2D eigenvalue weighted by Crippen LogP contribution is 2.26. The SMILES string of the molecule is CCc1ccc(-c2cc(C)ccc2C=CC=O)cc1. The molecule has 0 heterocycles. The Morgan fingerprint density at radius 2 is 1.79 bits per heavy atom. The van der Waals surface area contributed by atoms with Crippen molar-refractivity contribution in [2.45, 2.75) is 20.3 Å². The summed E-state index contributed by atoms with van der Waals surface area (Å²) in [6, 6.07) is 14.9. The van der Waals surface area contributed by atoms with Gasteiger partial charge < -0.3 is 0 Å². The van der Waals surface area contributed by atoms with Crippen LogP contribution in [-0.4, -0.2) is 6.29 Å². The van der Waals surface area contributed by atoms with Crippen LogP contribution in [0.25, 0.3) is 17.2 Å². The van der Waals surface area contributed by atoms with Gasteiger partial charge in [-0.05, 0) is 41.7 Å². The molecule has 2 aromatic rings. The van der Waals surface area contributed by atoms with Gasteiger partial charge in [0.15, 0.2) is 0 Å². The summed E-state index contributed by atoms with van der Waals surface area (Å²) < 4.78 is 0. The molecule has 19 heavy (non-hydrogen) atoms. The van der Waals surface area contributed by atoms with E-state index in [9.17, 15) is 4.79 Å². The Hall–Kier alpha value is -2.15. The van der Waals surface area contributed by atoms with Crippen LogP contribution in [0.2, 0.25) is 0 Å². The molecule has 2 rings (SSSR count). The number of carbonyl (C=O) groups excluding carboxylic acids is 1. The summed E-state index contributed by atoms with van der Waals surface area (Å²) in [5.41, 5.74) is 5.98. The molecule has 1 heteroatoms. The van der Waals surface area contributed by atoms with Crippen LogP contribution in [-0.2, 0) is 11.2 Å². The first-order valence-electron chi connectivity index (χ1n) is 6.56. The van der Waals surface area contributed by atoms with E-state index < -0.39 is 0 Å². The highest BCUT2D eigenvalue weighted by Gasteiger charge is 2.03. The Bertz CT molecular complexity index is 592. The minimum atomic E-state index is 0.809. The first kappa shape index (κ1) is 13.3. The van der Waals surface area contributed by atoms with Gasteiger partial charge in [0.25, 0.3) is 0 Å². The van der Waals surface area contributed by atoms with Gasteiger partial charge in [-0.15, -0.1) is 0 Å². The standard InChI is InChI=1S/C18H18O/c1-3-15-7-10-17(11-8-15)18-13-14(2)6-9-16(18)5-4-12-19/h4-13H,3H2,1-2H3. The van der Waals surface area contributed by atoms with Crippen molar-refractivity contribution < 1.29 is 4.79 Å². The first-order valence-corrected chi connectivity index (χ1v) is 6.56. The Kier molecular flexibility index (Phi) is 4.30. The minimum Gasteiger partial charge on any atom is -0.299 e. The summed E-state index contributed by atoms with van der Waals surface area (Å²) in [5.74, 6) is 0. The van der Waals surface area contributed by atoms with Crippen LogP contribution in [0.15, 0.2) is 48.5 Å². The number of benzene rings is 2. The molecule has 0 saturated carbocycles. The van der Waals surface area contributed by atoms with E-state index in [2.05, 4.69) is 56.3 Å². The quantitative estimate of drug-likeness (QED) is 0.579. The second kappa shape index (κ2) is 6.14. The smallest absolute Gasteiger partial charge is 0.142 e. The van der Waals surface area contributed by atoms with Crippen LogP contribution in [0.4, 0.5) is 0 Å². The zero-order valence-electron chi connectivity index (χ0n) is 11.4. The molecule has 0 aromatic heterocycles. The number of aryl methyl sites for hydroxylation is 2. The van der Waals surface area contributed by atoms with E-state index in [0.29, 0.717) is 0 Å². The van der Waals surface area contributed by atoms with E-state index in [1.54, 1.807) is 0 Å². The van der Waals surface area contributed by atoms with Crippen molar-refractivity contribution in [3.05, 3.63) is 65.2 Å². The van der Waals surface area contributed by atoms with Gasteiger partial charge >= 0.3 is 0 Å². The van der Waals surface area contributed by atoms with E-state index in [1.165, 1.54) is 28.3 Å². The second-order valence-electron chi connectivity index (χ2n) is 4.64. The summed E-state index contributed by atoms with van der Waals surface area (Å²) in [4.78, 5) is 10.5. The van der Waals surface area contributed by atoms with Crippen molar-refractivity contribution in [2.75, 3.05) is 0 Å². The number of hydrogen-bond acceptors (Lipinski definition) is 1. The van der Waals surface area contributed by atoms with Gasteiger partial charge in [-0.1, -0.05) is 61.0 Å². The summed E-state index contributed by atoms with van der Waals surface area (Å²) in [7, 11) is 0. The summed E-state index contributed by atoms with van der Waals surface area (Å²) in [6.45, 7) is 4.23. The van der Waals surface area contributed by atoms with Gasteiger partial charge in [-0.25, -0.2) is 0 Å². The van der Waals surface area contributed by atoms with Crippen molar-refractivity contribution in [1.82, 2.24) is 0 Å². The van der Waals surface area contributed by atoms with Crippen molar-refractivity contribution in [2.24, 2.45) is 0 Å². The summed E-state index contributed by atoms with van der Waals surface area (Å²) in [6.07, 6.45) is 5.25. The molecule has 0 N–H and O–H groups in total. The van der Waals surface area contributed by atoms with Gasteiger partial charge in [0, 0.05) is 0 Å². The van der Waals surface area contributed by atoms with Gasteiger partial charge in [0.1, 0.15) is 6.29 Å². The molecule has 0 aliphatic heterocycles. The fourth-order valence-electron chi connectivity index (χ4n) is 2.13. The van der Waals surface area contributed by atoms with E-state index in [-0.39, 0.29) is 0 Å². The molecule has 0 bridgehead atoms. The second-order valence-corrected chi connectivity index (χ2v) is 4.64. The number of aldehydes is 1. The monoisotopic (exact) mass is 250 g/mol. The Morgan fingerprint density at radius 1 is 1.05 bits per heavy atom. The van der Waals surface area contributed by atoms with Crippen molar-refractivity contribution >= 4 is 12.4 Å². The molecular weight excluding hydrogens is 232 g/mol. The van der Waals surface area contributed by atoms with Gasteiger partial charge in [0.2, 0.25) is 0 Å². The van der Waals surface area contributed by atoms with E-state index >= 15 is 0 Å². The lowest BCUT2D eigenvalue weighted by atomic mass is 9.96. The number of rotatable bonds is 4. The average Bonchev–Trinajstić information content (AvgIpc) is 2.46. The molecule has 0 aliphatic carbocycles. The molecule has 0 aliphatic rings. The zero-order valence-corrected chi connectivity index (χ0v) is 11.4. The first-order chi connectivity index (χ1) is 9.24. The third-order valence-electron chi connectivity index (χ3n) is 3.24. The largest absolute Gasteiger partial charge is 0.299 e. The topological polar surface area (TPSA) is 17.1 Å². The molecule has 0 unspecified atom stereocenters. The van der Waals surface area contributed by atoms with Gasteiger partial charge in [-0.2, -0.15) is 0 Å². The van der Waals surface area contributed by atoms with E-state index in [4.69, 9.17) is 0 Å². The third kappa shape index (κ3) is 3.19. The van der Waals surface area contributed by atoms with Gasteiger partial charge in [-0.3, -0.25) is 4.79 Å². The van der Waals surface area contributed by atoms with Crippen LogP contribution in [0.1, 0.15) is 23.6 Å². The molecule has 96 valence electrons. The highest BCUT2D eigenvalue weighted by atomic mass is 16.1. The average molecular weight is 250 g/mol. The maximum absolute atomic E-state index is 10.5. The van der Waals surface area contributed by atoms with E-state index in [1.807, 2.05) is 6.08 Å². The lowest BCUT2D eigenvalue weighted by Crippen LogP contribution is -1.87. The summed E-state index contributed by atoms with van der Waals surface area (Å²) >= 11 is 0. The lowest BCUT2D eigenvalue weighted by Gasteiger charge is -2.08. The Balaban J connectivity index is 2.48. The minimum absolute atomic E-state index is 0.809. The van der Waals surface area contributed by atoms with Crippen molar-refractivity contribution in [1.29, 1.82) is 0 Å². The third-order valence-corrected chi connectivity index (χ3v) is 3.24. The van der Waals surface area contributed by atoms with E-state index in [0.717, 1.165) is 18.3 Å². The van der Waals surface area contributed by atoms with Crippen LogP contribution in [0.5, 0.6) is 0 Å². The van der Waals surface area contributed by atoms with Crippen molar-refractivity contribution in [3.63, 3.8) is 0 Å². The Morgan fingerprint density at radius 3 is 2.42 bits per heavy atom. The molecule has 0 fully saturated rings. The molecule has 0 radical (unpaired) electrons. The number of carbonyl (C=O) groups is 1. The number of hydrogen-bond donors (Lipinski definition) is 0. The maximum atomic E-state index is 10.5. The van der Waals surface area contributed by atoms with Crippen LogP contribution in [0, 0.1) is 6.92 Å². The lowest BCUT2D eigenvalue weighted by molar-refractivity contribution is -0.104. The molecule has 0 atom stereocenters. The van der Waals surface area contributed by atoms with Crippen LogP contribution < -0.4 is 0 Å². The summed E-state index contributed by atoms with van der Waals surface area (Å²) in [5, 5.41) is 0. The predicted molar refractivity (Wildman–Crippen MR) is 81.1 cm³/mol. The molecule has 0 amide bonds. The fraction of sp³-hybridized carbons (Fsp3) is 0.167. The maximum Gasteiger partial charge on any atom is 0.142 e.